The van der Waals surface area contributed by atoms with Crippen molar-refractivity contribution in [2.24, 2.45) is 23.7 Å². The van der Waals surface area contributed by atoms with Crippen LogP contribution in [0.1, 0.15) is 37.7 Å². The Morgan fingerprint density at radius 1 is 1.05 bits per heavy atom. The highest BCUT2D eigenvalue weighted by Gasteiger charge is 2.47. The lowest BCUT2D eigenvalue weighted by Crippen LogP contribution is -2.54. The third-order valence-electron chi connectivity index (χ3n) is 5.76. The van der Waals surface area contributed by atoms with Gasteiger partial charge < -0.3 is 5.32 Å². The molecule has 4 aliphatic carbocycles. The molecule has 1 N–H and O–H groups in total. The van der Waals surface area contributed by atoms with Gasteiger partial charge in [-0.05, 0) is 79.5 Å². The zero-order valence-corrected chi connectivity index (χ0v) is 14.0. The fraction of sp³-hybridized carbons (Fsp3) is 0.647. The van der Waals surface area contributed by atoms with E-state index in [9.17, 15) is 0 Å². The first-order valence-electron chi connectivity index (χ1n) is 7.86. The van der Waals surface area contributed by atoms with Crippen molar-refractivity contribution in [1.29, 1.82) is 0 Å². The molecule has 4 bridgehead atoms. The molecule has 0 saturated heterocycles. The number of hydrogen-bond donors (Lipinski definition) is 1. The first-order valence-corrected chi connectivity index (χ1v) is 9.03. The minimum Gasteiger partial charge on any atom is -0.309 e. The zero-order valence-electron chi connectivity index (χ0n) is 11.6. The maximum atomic E-state index is 6.30. The highest BCUT2D eigenvalue weighted by Crippen LogP contribution is 2.53. The van der Waals surface area contributed by atoms with Crippen LogP contribution in [0.4, 0.5) is 0 Å². The van der Waals surface area contributed by atoms with Gasteiger partial charge in [0.05, 0.1) is 0 Å². The molecule has 4 fully saturated rings. The summed E-state index contributed by atoms with van der Waals surface area (Å²) in [5.41, 5.74) is 1.22. The Labute approximate surface area is 134 Å². The van der Waals surface area contributed by atoms with E-state index in [0.717, 1.165) is 45.8 Å². The van der Waals surface area contributed by atoms with Gasteiger partial charge in [0.1, 0.15) is 0 Å². The molecule has 1 nitrogen and oxygen atoms in total. The van der Waals surface area contributed by atoms with Gasteiger partial charge in [0.15, 0.2) is 0 Å². The summed E-state index contributed by atoms with van der Waals surface area (Å²) < 4.78 is 1.11. The van der Waals surface area contributed by atoms with Crippen molar-refractivity contribution in [3.05, 3.63) is 33.3 Å². The van der Waals surface area contributed by atoms with Crippen molar-refractivity contribution < 1.29 is 0 Å². The molecular formula is C17H21BrClN. The Morgan fingerprint density at radius 2 is 1.70 bits per heavy atom. The molecule has 0 aromatic heterocycles. The van der Waals surface area contributed by atoms with Gasteiger partial charge in [0.25, 0.3) is 0 Å². The van der Waals surface area contributed by atoms with Gasteiger partial charge in [0.2, 0.25) is 0 Å². The van der Waals surface area contributed by atoms with Crippen molar-refractivity contribution in [1.82, 2.24) is 5.32 Å². The van der Waals surface area contributed by atoms with Crippen molar-refractivity contribution in [2.75, 3.05) is 0 Å². The van der Waals surface area contributed by atoms with Gasteiger partial charge in [-0.2, -0.15) is 0 Å². The van der Waals surface area contributed by atoms with Crippen LogP contribution < -0.4 is 5.32 Å². The van der Waals surface area contributed by atoms with Crippen LogP contribution in [0.2, 0.25) is 5.02 Å². The molecule has 3 heteroatoms. The molecule has 4 aliphatic rings. The van der Waals surface area contributed by atoms with E-state index in [1.165, 1.54) is 37.7 Å². The minimum absolute atomic E-state index is 0.734. The first kappa shape index (κ1) is 13.6. The summed E-state index contributed by atoms with van der Waals surface area (Å²) in [6.45, 7) is 0.908. The van der Waals surface area contributed by atoms with Crippen LogP contribution in [0.5, 0.6) is 0 Å². The number of hydrogen-bond acceptors (Lipinski definition) is 1. The van der Waals surface area contributed by atoms with Crippen LogP contribution in [0, 0.1) is 23.7 Å². The average Bonchev–Trinajstić information content (AvgIpc) is 2.41. The molecule has 0 radical (unpaired) electrons. The van der Waals surface area contributed by atoms with Gasteiger partial charge in [-0.3, -0.25) is 0 Å². The second kappa shape index (κ2) is 5.30. The predicted octanol–water partition coefficient (Wildman–Crippen LogP) is 5.02. The Bertz CT molecular complexity index is 488. The molecule has 108 valence electrons. The van der Waals surface area contributed by atoms with Crippen LogP contribution >= 0.6 is 27.5 Å². The largest absolute Gasteiger partial charge is 0.309 e. The fourth-order valence-corrected chi connectivity index (χ4v) is 5.76. The Morgan fingerprint density at radius 3 is 2.35 bits per heavy atom. The van der Waals surface area contributed by atoms with Crippen LogP contribution in [0.3, 0.4) is 0 Å². The SMILES string of the molecule is Clc1ccc(Br)cc1CNC1C2CC3CC(C2)CC1C3. The normalized spacial score (nSPS) is 38.4. The van der Waals surface area contributed by atoms with Crippen LogP contribution in [0.25, 0.3) is 0 Å². The Balaban J connectivity index is 1.46. The van der Waals surface area contributed by atoms with E-state index in [1.807, 2.05) is 12.1 Å². The fourth-order valence-electron chi connectivity index (χ4n) is 5.17. The van der Waals surface area contributed by atoms with E-state index in [2.05, 4.69) is 27.3 Å². The topological polar surface area (TPSA) is 12.0 Å². The smallest absolute Gasteiger partial charge is 0.0451 e. The predicted molar refractivity (Wildman–Crippen MR) is 86.8 cm³/mol. The van der Waals surface area contributed by atoms with Crippen molar-refractivity contribution in [3.8, 4) is 0 Å². The van der Waals surface area contributed by atoms with Gasteiger partial charge >= 0.3 is 0 Å². The summed E-state index contributed by atoms with van der Waals surface area (Å²) in [6.07, 6.45) is 7.40. The third-order valence-corrected chi connectivity index (χ3v) is 6.62. The lowest BCUT2D eigenvalue weighted by atomic mass is 9.54. The quantitative estimate of drug-likeness (QED) is 0.804. The van der Waals surface area contributed by atoms with E-state index < -0.39 is 0 Å². The molecule has 5 rings (SSSR count). The molecule has 4 saturated carbocycles. The Hall–Kier alpha value is -0.0500. The summed E-state index contributed by atoms with van der Waals surface area (Å²) in [7, 11) is 0. The number of halogens is 2. The Kier molecular flexibility index (Phi) is 3.60. The molecular weight excluding hydrogens is 334 g/mol. The average molecular weight is 355 g/mol. The van der Waals surface area contributed by atoms with Crippen LogP contribution in [-0.4, -0.2) is 6.04 Å². The maximum Gasteiger partial charge on any atom is 0.0451 e. The molecule has 0 amide bonds. The maximum absolute atomic E-state index is 6.30. The van der Waals surface area contributed by atoms with Gasteiger partial charge in [-0.1, -0.05) is 27.5 Å². The highest BCUT2D eigenvalue weighted by molar-refractivity contribution is 9.10. The molecule has 1 aromatic rings. The molecule has 0 atom stereocenters. The van der Waals surface area contributed by atoms with Crippen molar-refractivity contribution in [2.45, 2.75) is 44.7 Å². The van der Waals surface area contributed by atoms with E-state index in [4.69, 9.17) is 11.6 Å². The number of rotatable bonds is 3. The van der Waals surface area contributed by atoms with Crippen molar-refractivity contribution >= 4 is 27.5 Å². The molecule has 1 aromatic carbocycles. The minimum atomic E-state index is 0.734. The van der Waals surface area contributed by atoms with E-state index in [-0.39, 0.29) is 0 Å². The molecule has 0 unspecified atom stereocenters. The molecule has 20 heavy (non-hydrogen) atoms. The summed E-state index contributed by atoms with van der Waals surface area (Å²) in [5.74, 6) is 3.95. The van der Waals surface area contributed by atoms with E-state index in [0.29, 0.717) is 0 Å². The monoisotopic (exact) mass is 353 g/mol. The zero-order chi connectivity index (χ0) is 13.7. The molecule has 0 spiro atoms. The molecule has 0 heterocycles. The third kappa shape index (κ3) is 2.44. The lowest BCUT2D eigenvalue weighted by Gasteiger charge is -2.54. The van der Waals surface area contributed by atoms with Gasteiger partial charge in [-0.15, -0.1) is 0 Å². The lowest BCUT2D eigenvalue weighted by molar-refractivity contribution is -0.0142. The number of benzene rings is 1. The summed E-state index contributed by atoms with van der Waals surface area (Å²) in [5, 5.41) is 4.72. The summed E-state index contributed by atoms with van der Waals surface area (Å²) in [4.78, 5) is 0. The standard InChI is InChI=1S/C17H21BrClN/c18-15-1-2-16(19)14(8-15)9-20-17-12-4-10-3-11(6-12)7-13(17)5-10/h1-2,8,10-13,17,20H,3-7,9H2. The summed E-state index contributed by atoms with van der Waals surface area (Å²) in [6, 6.07) is 6.87. The second-order valence-electron chi connectivity index (χ2n) is 7.07. The van der Waals surface area contributed by atoms with Crippen LogP contribution in [-0.2, 0) is 6.54 Å². The van der Waals surface area contributed by atoms with Crippen molar-refractivity contribution in [3.63, 3.8) is 0 Å². The van der Waals surface area contributed by atoms with E-state index >= 15 is 0 Å². The van der Waals surface area contributed by atoms with Gasteiger partial charge in [-0.25, -0.2) is 0 Å². The first-order chi connectivity index (χ1) is 9.69. The van der Waals surface area contributed by atoms with Gasteiger partial charge in [0, 0.05) is 22.1 Å². The number of nitrogens with one attached hydrogen (secondary N) is 1. The molecule has 0 aliphatic heterocycles. The van der Waals surface area contributed by atoms with E-state index in [1.54, 1.807) is 0 Å². The van der Waals surface area contributed by atoms with Crippen LogP contribution in [0.15, 0.2) is 22.7 Å². The highest BCUT2D eigenvalue weighted by atomic mass is 79.9. The second-order valence-corrected chi connectivity index (χ2v) is 8.40. The summed E-state index contributed by atoms with van der Waals surface area (Å²) >= 11 is 9.84.